The zero-order valence-corrected chi connectivity index (χ0v) is 10.5. The van der Waals surface area contributed by atoms with E-state index in [1.54, 1.807) is 23.9 Å². The van der Waals surface area contributed by atoms with Crippen molar-refractivity contribution in [1.82, 2.24) is 0 Å². The Kier molecular flexibility index (Phi) is 5.63. The van der Waals surface area contributed by atoms with Gasteiger partial charge in [-0.25, -0.2) is 4.39 Å². The number of rotatable bonds is 6. The molecule has 0 spiro atoms. The Hall–Kier alpha value is -0.740. The van der Waals surface area contributed by atoms with E-state index < -0.39 is 0 Å². The Morgan fingerprint density at radius 2 is 2.25 bits per heavy atom. The quantitative estimate of drug-likeness (QED) is 0.780. The number of thioether (sulfide) groups is 1. The molecule has 1 unspecified atom stereocenters. The molecule has 0 aliphatic rings. The number of ether oxygens (including phenoxy) is 1. The van der Waals surface area contributed by atoms with E-state index in [9.17, 15) is 4.39 Å². The molecule has 0 fully saturated rings. The van der Waals surface area contributed by atoms with Crippen molar-refractivity contribution in [3.63, 3.8) is 0 Å². The van der Waals surface area contributed by atoms with Crippen LogP contribution in [0.2, 0.25) is 0 Å². The summed E-state index contributed by atoms with van der Waals surface area (Å²) in [5.74, 6) is 2.04. The standard InChI is InChI=1S/C12H18FNOS/c1-3-6-16-8-12(14)10-5-4-9(15-2)7-11(10)13/h4-5,7,12H,3,6,8,14H2,1-2H3. The van der Waals surface area contributed by atoms with Crippen molar-refractivity contribution in [3.8, 4) is 5.75 Å². The van der Waals surface area contributed by atoms with Crippen LogP contribution in [0, 0.1) is 5.82 Å². The lowest BCUT2D eigenvalue weighted by molar-refractivity contribution is 0.410. The highest BCUT2D eigenvalue weighted by Crippen LogP contribution is 2.23. The fourth-order valence-electron chi connectivity index (χ4n) is 1.38. The number of benzene rings is 1. The van der Waals surface area contributed by atoms with Gasteiger partial charge < -0.3 is 10.5 Å². The van der Waals surface area contributed by atoms with Gasteiger partial charge in [0.05, 0.1) is 7.11 Å². The molecule has 1 aromatic carbocycles. The SMILES string of the molecule is CCCSCC(N)c1ccc(OC)cc1F. The molecule has 2 nitrogen and oxygen atoms in total. The first-order valence-electron chi connectivity index (χ1n) is 5.35. The minimum Gasteiger partial charge on any atom is -0.497 e. The van der Waals surface area contributed by atoms with Gasteiger partial charge in [0.25, 0.3) is 0 Å². The molecule has 1 aromatic rings. The molecule has 0 aliphatic carbocycles. The first-order valence-corrected chi connectivity index (χ1v) is 6.51. The van der Waals surface area contributed by atoms with Gasteiger partial charge in [0.2, 0.25) is 0 Å². The van der Waals surface area contributed by atoms with Crippen molar-refractivity contribution < 1.29 is 9.13 Å². The summed E-state index contributed by atoms with van der Waals surface area (Å²) in [5.41, 5.74) is 6.49. The molecule has 16 heavy (non-hydrogen) atoms. The fourth-order valence-corrected chi connectivity index (χ4v) is 2.27. The highest BCUT2D eigenvalue weighted by atomic mass is 32.2. The summed E-state index contributed by atoms with van der Waals surface area (Å²) in [5, 5.41) is 0. The molecule has 0 bridgehead atoms. The van der Waals surface area contributed by atoms with E-state index >= 15 is 0 Å². The van der Waals surface area contributed by atoms with Crippen LogP contribution in [0.15, 0.2) is 18.2 Å². The highest BCUT2D eigenvalue weighted by molar-refractivity contribution is 7.99. The molecule has 0 saturated carbocycles. The van der Waals surface area contributed by atoms with E-state index in [0.29, 0.717) is 11.3 Å². The molecule has 0 aromatic heterocycles. The van der Waals surface area contributed by atoms with E-state index in [4.69, 9.17) is 10.5 Å². The van der Waals surface area contributed by atoms with Gasteiger partial charge >= 0.3 is 0 Å². The Morgan fingerprint density at radius 1 is 1.50 bits per heavy atom. The predicted molar refractivity (Wildman–Crippen MR) is 67.5 cm³/mol. The minimum absolute atomic E-state index is 0.248. The fraction of sp³-hybridized carbons (Fsp3) is 0.500. The van der Waals surface area contributed by atoms with Crippen LogP contribution in [-0.2, 0) is 0 Å². The molecule has 0 saturated heterocycles. The zero-order chi connectivity index (χ0) is 12.0. The lowest BCUT2D eigenvalue weighted by atomic mass is 10.1. The third-order valence-corrected chi connectivity index (χ3v) is 3.54. The van der Waals surface area contributed by atoms with Crippen molar-refractivity contribution >= 4 is 11.8 Å². The molecular formula is C12H18FNOS. The molecule has 2 N–H and O–H groups in total. The van der Waals surface area contributed by atoms with Gasteiger partial charge in [0, 0.05) is 23.4 Å². The predicted octanol–water partition coefficient (Wildman–Crippen LogP) is 2.98. The molecular weight excluding hydrogens is 225 g/mol. The van der Waals surface area contributed by atoms with Crippen molar-refractivity contribution in [2.24, 2.45) is 5.73 Å². The van der Waals surface area contributed by atoms with Crippen LogP contribution in [0.5, 0.6) is 5.75 Å². The first kappa shape index (κ1) is 13.3. The van der Waals surface area contributed by atoms with Gasteiger partial charge in [0.1, 0.15) is 11.6 Å². The average Bonchev–Trinajstić information content (AvgIpc) is 2.29. The van der Waals surface area contributed by atoms with Crippen LogP contribution < -0.4 is 10.5 Å². The zero-order valence-electron chi connectivity index (χ0n) is 9.70. The maximum absolute atomic E-state index is 13.6. The first-order chi connectivity index (χ1) is 7.69. The normalized spacial score (nSPS) is 12.5. The van der Waals surface area contributed by atoms with Crippen LogP contribution in [0.25, 0.3) is 0 Å². The number of hydrogen-bond donors (Lipinski definition) is 1. The number of hydrogen-bond acceptors (Lipinski definition) is 3. The molecule has 1 rings (SSSR count). The number of methoxy groups -OCH3 is 1. The maximum atomic E-state index is 13.6. The number of halogens is 1. The van der Waals surface area contributed by atoms with E-state index in [1.165, 1.54) is 13.2 Å². The Balaban J connectivity index is 2.64. The molecule has 0 heterocycles. The Labute approximate surface area is 100 Å². The van der Waals surface area contributed by atoms with E-state index in [-0.39, 0.29) is 11.9 Å². The van der Waals surface area contributed by atoms with Crippen LogP contribution in [-0.4, -0.2) is 18.6 Å². The highest BCUT2D eigenvalue weighted by Gasteiger charge is 2.11. The smallest absolute Gasteiger partial charge is 0.131 e. The van der Waals surface area contributed by atoms with E-state index in [0.717, 1.165) is 17.9 Å². The van der Waals surface area contributed by atoms with Crippen LogP contribution >= 0.6 is 11.8 Å². The maximum Gasteiger partial charge on any atom is 0.131 e. The Bertz CT molecular complexity index is 333. The van der Waals surface area contributed by atoms with E-state index in [2.05, 4.69) is 6.92 Å². The molecule has 1 atom stereocenters. The summed E-state index contributed by atoms with van der Waals surface area (Å²) in [7, 11) is 1.52. The Morgan fingerprint density at radius 3 is 2.81 bits per heavy atom. The summed E-state index contributed by atoms with van der Waals surface area (Å²) >= 11 is 1.75. The molecule has 4 heteroatoms. The third kappa shape index (κ3) is 3.68. The van der Waals surface area contributed by atoms with Crippen molar-refractivity contribution in [2.75, 3.05) is 18.6 Å². The van der Waals surface area contributed by atoms with Gasteiger partial charge in [-0.2, -0.15) is 11.8 Å². The molecule has 0 aliphatic heterocycles. The second-order valence-electron chi connectivity index (χ2n) is 3.57. The van der Waals surface area contributed by atoms with Gasteiger partial charge in [-0.05, 0) is 18.2 Å². The summed E-state index contributed by atoms with van der Waals surface area (Å²) < 4.78 is 18.6. The lowest BCUT2D eigenvalue weighted by Gasteiger charge is -2.13. The van der Waals surface area contributed by atoms with Gasteiger partial charge in [-0.3, -0.25) is 0 Å². The van der Waals surface area contributed by atoms with Gasteiger partial charge in [-0.1, -0.05) is 13.0 Å². The van der Waals surface area contributed by atoms with E-state index in [1.807, 2.05) is 0 Å². The van der Waals surface area contributed by atoms with Crippen molar-refractivity contribution in [3.05, 3.63) is 29.6 Å². The summed E-state index contributed by atoms with van der Waals surface area (Å²) in [6, 6.07) is 4.57. The second kappa shape index (κ2) is 6.76. The monoisotopic (exact) mass is 243 g/mol. The minimum atomic E-state index is -0.288. The largest absolute Gasteiger partial charge is 0.497 e. The van der Waals surface area contributed by atoms with Gasteiger partial charge in [-0.15, -0.1) is 0 Å². The van der Waals surface area contributed by atoms with Gasteiger partial charge in [0.15, 0.2) is 0 Å². The van der Waals surface area contributed by atoms with Crippen molar-refractivity contribution in [1.29, 1.82) is 0 Å². The molecule has 90 valence electrons. The van der Waals surface area contributed by atoms with Crippen molar-refractivity contribution in [2.45, 2.75) is 19.4 Å². The average molecular weight is 243 g/mol. The summed E-state index contributed by atoms with van der Waals surface area (Å²) in [6.45, 7) is 2.12. The lowest BCUT2D eigenvalue weighted by Crippen LogP contribution is -2.15. The van der Waals surface area contributed by atoms with Crippen LogP contribution in [0.4, 0.5) is 4.39 Å². The number of nitrogens with two attached hydrogens (primary N) is 1. The molecule has 0 radical (unpaired) electrons. The van der Waals surface area contributed by atoms with Crippen LogP contribution in [0.1, 0.15) is 24.9 Å². The summed E-state index contributed by atoms with van der Waals surface area (Å²) in [4.78, 5) is 0. The third-order valence-electron chi connectivity index (χ3n) is 2.25. The topological polar surface area (TPSA) is 35.2 Å². The van der Waals surface area contributed by atoms with Crippen LogP contribution in [0.3, 0.4) is 0 Å². The molecule has 0 amide bonds. The second-order valence-corrected chi connectivity index (χ2v) is 4.72. The summed E-state index contributed by atoms with van der Waals surface area (Å²) in [6.07, 6.45) is 1.11.